The second kappa shape index (κ2) is 7.22. The Morgan fingerprint density at radius 2 is 1.89 bits per heavy atom. The Bertz CT molecular complexity index is 527. The van der Waals surface area contributed by atoms with E-state index in [9.17, 15) is 13.2 Å². The van der Waals surface area contributed by atoms with Crippen LogP contribution in [0.25, 0.3) is 0 Å². The molecule has 1 aromatic carbocycles. The Labute approximate surface area is 112 Å². The van der Waals surface area contributed by atoms with Crippen LogP contribution in [0.3, 0.4) is 0 Å². The molecule has 0 atom stereocenters. The first-order valence-electron chi connectivity index (χ1n) is 5.71. The maximum atomic E-state index is 11.3. The van der Waals surface area contributed by atoms with E-state index in [1.807, 2.05) is 0 Å². The van der Waals surface area contributed by atoms with Crippen LogP contribution >= 0.6 is 0 Å². The molecule has 0 saturated carbocycles. The summed E-state index contributed by atoms with van der Waals surface area (Å²) in [5.74, 6) is 0.188. The molecule has 0 aliphatic carbocycles. The Morgan fingerprint density at radius 3 is 2.53 bits per heavy atom. The maximum absolute atomic E-state index is 11.3. The highest BCUT2D eigenvalue weighted by atomic mass is 32.2. The number of ketones is 1. The van der Waals surface area contributed by atoms with E-state index in [-0.39, 0.29) is 31.4 Å². The Balaban J connectivity index is 2.32. The van der Waals surface area contributed by atoms with Crippen LogP contribution in [-0.4, -0.2) is 39.8 Å². The zero-order valence-electron chi connectivity index (χ0n) is 10.7. The van der Waals surface area contributed by atoms with Gasteiger partial charge >= 0.3 is 0 Å². The summed E-state index contributed by atoms with van der Waals surface area (Å²) in [6, 6.07) is 6.90. The molecule has 0 spiro atoms. The van der Waals surface area contributed by atoms with E-state index in [2.05, 4.69) is 0 Å². The highest BCUT2D eigenvalue weighted by molar-refractivity contribution is 7.89. The number of hydrogen-bond donors (Lipinski definition) is 1. The second-order valence-electron chi connectivity index (χ2n) is 3.88. The fourth-order valence-corrected chi connectivity index (χ4v) is 1.72. The topological polar surface area (TPSA) is 95.7 Å². The molecule has 0 aromatic heterocycles. The summed E-state index contributed by atoms with van der Waals surface area (Å²) in [6.07, 6.45) is 0. The minimum atomic E-state index is -3.49. The van der Waals surface area contributed by atoms with Crippen molar-refractivity contribution in [3.63, 3.8) is 0 Å². The van der Waals surface area contributed by atoms with Gasteiger partial charge in [0.25, 0.3) is 0 Å². The van der Waals surface area contributed by atoms with Gasteiger partial charge in [0.2, 0.25) is 10.0 Å². The molecule has 0 saturated heterocycles. The predicted octanol–water partition coefficient (Wildman–Crippen LogP) is 0.573. The van der Waals surface area contributed by atoms with Gasteiger partial charge in [-0.1, -0.05) is 12.1 Å². The lowest BCUT2D eigenvalue weighted by Crippen LogP contribution is -2.21. The molecule has 19 heavy (non-hydrogen) atoms. The van der Waals surface area contributed by atoms with E-state index in [1.165, 1.54) is 6.92 Å². The molecule has 0 unspecified atom stereocenters. The minimum absolute atomic E-state index is 0.0244. The van der Waals surface area contributed by atoms with Crippen molar-refractivity contribution >= 4 is 15.8 Å². The molecule has 0 radical (unpaired) electrons. The van der Waals surface area contributed by atoms with Gasteiger partial charge in [-0.3, -0.25) is 4.79 Å². The Kier molecular flexibility index (Phi) is 5.94. The summed E-state index contributed by atoms with van der Waals surface area (Å²) < 4.78 is 31.7. The third-order valence-corrected chi connectivity index (χ3v) is 3.00. The molecule has 0 aliphatic rings. The fraction of sp³-hybridized carbons (Fsp3) is 0.417. The number of benzene rings is 1. The smallest absolute Gasteiger partial charge is 0.211 e. The normalized spacial score (nSPS) is 11.3. The molecule has 0 aliphatic heterocycles. The van der Waals surface area contributed by atoms with E-state index >= 15 is 0 Å². The first-order chi connectivity index (χ1) is 8.90. The monoisotopic (exact) mass is 287 g/mol. The Hall–Kier alpha value is -1.44. The molecule has 1 aromatic rings. The molecule has 6 nitrogen and oxygen atoms in total. The van der Waals surface area contributed by atoms with Crippen molar-refractivity contribution in [2.24, 2.45) is 5.14 Å². The van der Waals surface area contributed by atoms with Crippen molar-refractivity contribution in [1.82, 2.24) is 0 Å². The van der Waals surface area contributed by atoms with Crippen LogP contribution in [0.2, 0.25) is 0 Å². The van der Waals surface area contributed by atoms with Crippen LogP contribution in [0.5, 0.6) is 5.75 Å². The average Bonchev–Trinajstić information content (AvgIpc) is 2.32. The van der Waals surface area contributed by atoms with Crippen LogP contribution in [-0.2, 0) is 14.8 Å². The van der Waals surface area contributed by atoms with Crippen molar-refractivity contribution in [3.8, 4) is 5.75 Å². The number of Topliss-reactive ketones (excluding diaryl/α,β-unsaturated/α-hetero) is 1. The van der Waals surface area contributed by atoms with E-state index < -0.39 is 10.0 Å². The second-order valence-corrected chi connectivity index (χ2v) is 5.61. The van der Waals surface area contributed by atoms with Crippen LogP contribution in [0.4, 0.5) is 0 Å². The van der Waals surface area contributed by atoms with E-state index in [0.717, 1.165) is 0 Å². The molecule has 1 rings (SSSR count). The van der Waals surface area contributed by atoms with Gasteiger partial charge in [0.05, 0.1) is 24.5 Å². The van der Waals surface area contributed by atoms with Crippen LogP contribution in [0.15, 0.2) is 24.3 Å². The summed E-state index contributed by atoms with van der Waals surface area (Å²) in [6.45, 7) is 1.94. The van der Waals surface area contributed by atoms with Crippen molar-refractivity contribution in [2.45, 2.75) is 6.92 Å². The van der Waals surface area contributed by atoms with Gasteiger partial charge in [-0.05, 0) is 19.1 Å². The minimum Gasteiger partial charge on any atom is -0.490 e. The number of rotatable bonds is 8. The first-order valence-corrected chi connectivity index (χ1v) is 7.42. The molecule has 2 N–H and O–H groups in total. The number of primary sulfonamides is 1. The molecule has 0 fully saturated rings. The molecule has 0 bridgehead atoms. The number of carbonyl (C=O) groups excluding carboxylic acids is 1. The lowest BCUT2D eigenvalue weighted by atomic mass is 10.1. The number of ether oxygens (including phenoxy) is 2. The summed E-state index contributed by atoms with van der Waals surface area (Å²) in [4.78, 5) is 11.3. The number of nitrogens with two attached hydrogens (primary N) is 1. The zero-order valence-corrected chi connectivity index (χ0v) is 11.5. The highest BCUT2D eigenvalue weighted by Crippen LogP contribution is 2.18. The number of para-hydroxylation sites is 1. The zero-order chi connectivity index (χ0) is 14.3. The summed E-state index contributed by atoms with van der Waals surface area (Å²) in [5, 5.41) is 4.82. The van der Waals surface area contributed by atoms with E-state index in [4.69, 9.17) is 14.6 Å². The predicted molar refractivity (Wildman–Crippen MR) is 70.7 cm³/mol. The molecule has 0 heterocycles. The van der Waals surface area contributed by atoms with Gasteiger partial charge in [0.1, 0.15) is 12.4 Å². The standard InChI is InChI=1S/C12H17NO5S/c1-10(14)11-4-2-3-5-12(11)18-7-6-17-8-9-19(13,15)16/h2-5H,6-9H2,1H3,(H2,13,15,16). The van der Waals surface area contributed by atoms with Crippen molar-refractivity contribution < 1.29 is 22.7 Å². The molecule has 0 amide bonds. The quantitative estimate of drug-likeness (QED) is 0.557. The molecular weight excluding hydrogens is 270 g/mol. The first kappa shape index (κ1) is 15.6. The summed E-state index contributed by atoms with van der Waals surface area (Å²) >= 11 is 0. The van der Waals surface area contributed by atoms with Crippen molar-refractivity contribution in [3.05, 3.63) is 29.8 Å². The number of carbonyl (C=O) groups is 1. The van der Waals surface area contributed by atoms with Crippen molar-refractivity contribution in [2.75, 3.05) is 25.6 Å². The van der Waals surface area contributed by atoms with Crippen molar-refractivity contribution in [1.29, 1.82) is 0 Å². The van der Waals surface area contributed by atoms with Gasteiger partial charge in [-0.2, -0.15) is 0 Å². The third-order valence-electron chi connectivity index (χ3n) is 2.26. The lowest BCUT2D eigenvalue weighted by Gasteiger charge is -2.09. The van der Waals surface area contributed by atoms with E-state index in [1.54, 1.807) is 24.3 Å². The van der Waals surface area contributed by atoms with Gasteiger partial charge in [0, 0.05) is 0 Å². The van der Waals surface area contributed by atoms with E-state index in [0.29, 0.717) is 11.3 Å². The van der Waals surface area contributed by atoms with Crippen LogP contribution < -0.4 is 9.88 Å². The van der Waals surface area contributed by atoms with Gasteiger partial charge in [-0.25, -0.2) is 13.6 Å². The maximum Gasteiger partial charge on any atom is 0.211 e. The van der Waals surface area contributed by atoms with Gasteiger partial charge in [0.15, 0.2) is 5.78 Å². The Morgan fingerprint density at radius 1 is 1.21 bits per heavy atom. The number of hydrogen-bond acceptors (Lipinski definition) is 5. The largest absolute Gasteiger partial charge is 0.490 e. The molecular formula is C12H17NO5S. The molecule has 7 heteroatoms. The van der Waals surface area contributed by atoms with Crippen LogP contribution in [0.1, 0.15) is 17.3 Å². The van der Waals surface area contributed by atoms with Gasteiger partial charge < -0.3 is 9.47 Å². The molecule has 106 valence electrons. The summed E-state index contributed by atoms with van der Waals surface area (Å²) in [5.41, 5.74) is 0.507. The SMILES string of the molecule is CC(=O)c1ccccc1OCCOCCS(N)(=O)=O. The average molecular weight is 287 g/mol. The number of sulfonamides is 1. The fourth-order valence-electron chi connectivity index (χ4n) is 1.37. The third kappa shape index (κ3) is 6.32. The van der Waals surface area contributed by atoms with Crippen LogP contribution in [0, 0.1) is 0 Å². The lowest BCUT2D eigenvalue weighted by molar-refractivity contribution is 0.0991. The highest BCUT2D eigenvalue weighted by Gasteiger charge is 2.07. The van der Waals surface area contributed by atoms with Gasteiger partial charge in [-0.15, -0.1) is 0 Å². The summed E-state index contributed by atoms with van der Waals surface area (Å²) in [7, 11) is -3.49.